The molecule has 0 fully saturated rings. The van der Waals surface area contributed by atoms with E-state index in [4.69, 9.17) is 0 Å². The lowest BCUT2D eigenvalue weighted by Crippen LogP contribution is -2.07. The van der Waals surface area contributed by atoms with Gasteiger partial charge in [-0.2, -0.15) is 0 Å². The van der Waals surface area contributed by atoms with E-state index in [1.54, 1.807) is 6.07 Å². The van der Waals surface area contributed by atoms with Crippen LogP contribution in [0.1, 0.15) is 42.7 Å². The second-order valence-electron chi connectivity index (χ2n) is 4.52. The van der Waals surface area contributed by atoms with Gasteiger partial charge in [-0.15, -0.1) is 0 Å². The molecular formula is C14H17NO2. The number of aromatic nitrogens is 1. The molecule has 0 bridgehead atoms. The highest BCUT2D eigenvalue weighted by molar-refractivity contribution is 5.95. The molecule has 0 unspecified atom stereocenters. The molecule has 0 radical (unpaired) electrons. The number of carbonyl (C=O) groups is 1. The summed E-state index contributed by atoms with van der Waals surface area (Å²) in [6.45, 7) is 6.91. The molecule has 17 heavy (non-hydrogen) atoms. The average molecular weight is 231 g/mol. The molecule has 0 saturated heterocycles. The number of rotatable bonds is 3. The lowest BCUT2D eigenvalue weighted by Gasteiger charge is -2.11. The van der Waals surface area contributed by atoms with Crippen molar-refractivity contribution in [2.24, 2.45) is 0 Å². The number of fused-ring (bicyclic) bond motifs is 1. The number of aryl methyl sites for hydroxylation is 1. The Morgan fingerprint density at radius 2 is 2.12 bits per heavy atom. The Bertz CT molecular complexity index is 567. The van der Waals surface area contributed by atoms with E-state index >= 15 is 0 Å². The van der Waals surface area contributed by atoms with E-state index in [2.05, 4.69) is 19.9 Å². The van der Waals surface area contributed by atoms with E-state index < -0.39 is 5.97 Å². The number of carboxylic acid groups (broad SMARTS) is 1. The quantitative estimate of drug-likeness (QED) is 0.878. The summed E-state index contributed by atoms with van der Waals surface area (Å²) in [5.41, 5.74) is 2.63. The van der Waals surface area contributed by atoms with Crippen molar-refractivity contribution in [1.82, 2.24) is 4.57 Å². The maximum Gasteiger partial charge on any atom is 0.352 e. The van der Waals surface area contributed by atoms with Crippen molar-refractivity contribution in [2.45, 2.75) is 33.2 Å². The summed E-state index contributed by atoms with van der Waals surface area (Å²) >= 11 is 0. The van der Waals surface area contributed by atoms with Crippen LogP contribution in [0.15, 0.2) is 24.3 Å². The highest BCUT2D eigenvalue weighted by Gasteiger charge is 2.16. The number of nitrogens with zero attached hydrogens (tertiary/aromatic N) is 1. The second kappa shape index (κ2) is 4.24. The van der Waals surface area contributed by atoms with E-state index in [9.17, 15) is 9.90 Å². The Labute approximate surface area is 101 Å². The molecule has 1 N–H and O–H groups in total. The molecule has 1 aromatic heterocycles. The first-order chi connectivity index (χ1) is 8.06. The van der Waals surface area contributed by atoms with Crippen molar-refractivity contribution in [3.63, 3.8) is 0 Å². The first-order valence-corrected chi connectivity index (χ1v) is 5.91. The van der Waals surface area contributed by atoms with Crippen LogP contribution in [0.5, 0.6) is 0 Å². The molecular weight excluding hydrogens is 214 g/mol. The lowest BCUT2D eigenvalue weighted by molar-refractivity contribution is 0.0686. The van der Waals surface area contributed by atoms with E-state index in [1.807, 2.05) is 23.6 Å². The largest absolute Gasteiger partial charge is 0.477 e. The maximum atomic E-state index is 11.2. The zero-order valence-corrected chi connectivity index (χ0v) is 10.4. The predicted octanol–water partition coefficient (Wildman–Crippen LogP) is 3.48. The lowest BCUT2D eigenvalue weighted by atomic mass is 10.0. The maximum absolute atomic E-state index is 11.2. The van der Waals surface area contributed by atoms with Gasteiger partial charge in [-0.1, -0.05) is 32.0 Å². The van der Waals surface area contributed by atoms with Gasteiger partial charge in [-0.3, -0.25) is 0 Å². The first kappa shape index (κ1) is 11.7. The highest BCUT2D eigenvalue weighted by atomic mass is 16.4. The van der Waals surface area contributed by atoms with Crippen molar-refractivity contribution in [3.8, 4) is 0 Å². The number of para-hydroxylation sites is 1. The van der Waals surface area contributed by atoms with Crippen molar-refractivity contribution in [1.29, 1.82) is 0 Å². The third-order valence-electron chi connectivity index (χ3n) is 3.11. The number of carboxylic acids is 1. The van der Waals surface area contributed by atoms with Crippen molar-refractivity contribution in [3.05, 3.63) is 35.5 Å². The summed E-state index contributed by atoms with van der Waals surface area (Å²) in [6.07, 6.45) is 0. The van der Waals surface area contributed by atoms with Crippen molar-refractivity contribution < 1.29 is 9.90 Å². The molecule has 0 aliphatic rings. The van der Waals surface area contributed by atoms with Gasteiger partial charge in [0, 0.05) is 11.9 Å². The number of aromatic carboxylic acids is 1. The third kappa shape index (κ3) is 1.82. The number of benzene rings is 1. The van der Waals surface area contributed by atoms with Crippen LogP contribution in [-0.4, -0.2) is 15.6 Å². The molecule has 0 amide bonds. The number of hydrogen-bond acceptors (Lipinski definition) is 1. The first-order valence-electron chi connectivity index (χ1n) is 5.91. The van der Waals surface area contributed by atoms with Gasteiger partial charge in [0.1, 0.15) is 5.69 Å². The molecule has 0 atom stereocenters. The van der Waals surface area contributed by atoms with Crippen molar-refractivity contribution in [2.75, 3.05) is 0 Å². The van der Waals surface area contributed by atoms with Crippen LogP contribution in [0.4, 0.5) is 0 Å². The Balaban J connectivity index is 2.84. The Morgan fingerprint density at radius 1 is 1.41 bits per heavy atom. The summed E-state index contributed by atoms with van der Waals surface area (Å²) in [5, 5.41) is 10.2. The Kier molecular flexibility index (Phi) is 2.92. The molecule has 2 rings (SSSR count). The van der Waals surface area contributed by atoms with Gasteiger partial charge in [0.25, 0.3) is 0 Å². The molecule has 90 valence electrons. The topological polar surface area (TPSA) is 42.2 Å². The summed E-state index contributed by atoms with van der Waals surface area (Å²) in [7, 11) is 0. The summed E-state index contributed by atoms with van der Waals surface area (Å²) < 4.78 is 1.88. The van der Waals surface area contributed by atoms with E-state index in [0.29, 0.717) is 18.2 Å². The minimum absolute atomic E-state index is 0.371. The Hall–Kier alpha value is -1.77. The molecule has 1 aromatic carbocycles. The molecule has 3 nitrogen and oxygen atoms in total. The second-order valence-corrected chi connectivity index (χ2v) is 4.52. The standard InChI is InChI=1S/C14H17NO2/c1-4-15-12(14(16)17)8-10-6-5-7-11(9(2)3)13(10)15/h5-9H,4H2,1-3H3,(H,16,17). The van der Waals surface area contributed by atoms with E-state index in [-0.39, 0.29) is 0 Å². The zero-order chi connectivity index (χ0) is 12.6. The van der Waals surface area contributed by atoms with E-state index in [0.717, 1.165) is 10.9 Å². The molecule has 0 aliphatic heterocycles. The third-order valence-corrected chi connectivity index (χ3v) is 3.11. The van der Waals surface area contributed by atoms with Crippen LogP contribution in [0.25, 0.3) is 10.9 Å². The van der Waals surface area contributed by atoms with Gasteiger partial charge in [-0.25, -0.2) is 4.79 Å². The predicted molar refractivity (Wildman–Crippen MR) is 68.7 cm³/mol. The van der Waals surface area contributed by atoms with Crippen LogP contribution in [-0.2, 0) is 6.54 Å². The van der Waals surface area contributed by atoms with Gasteiger partial charge in [0.2, 0.25) is 0 Å². The fourth-order valence-electron chi connectivity index (χ4n) is 2.33. The highest BCUT2D eigenvalue weighted by Crippen LogP contribution is 2.28. The summed E-state index contributed by atoms with van der Waals surface area (Å²) in [5.74, 6) is -0.474. The Morgan fingerprint density at radius 3 is 2.65 bits per heavy atom. The van der Waals surface area contributed by atoms with Gasteiger partial charge in [0.05, 0.1) is 5.52 Å². The fraction of sp³-hybridized carbons (Fsp3) is 0.357. The summed E-state index contributed by atoms with van der Waals surface area (Å²) in [4.78, 5) is 11.2. The minimum atomic E-state index is -0.863. The molecule has 1 heterocycles. The van der Waals surface area contributed by atoms with Crippen LogP contribution in [0.3, 0.4) is 0 Å². The summed E-state index contributed by atoms with van der Waals surface area (Å²) in [6, 6.07) is 7.79. The molecule has 0 aliphatic carbocycles. The normalized spacial score (nSPS) is 11.3. The molecule has 2 aromatic rings. The average Bonchev–Trinajstić information content (AvgIpc) is 2.66. The molecule has 3 heteroatoms. The van der Waals surface area contributed by atoms with Crippen LogP contribution in [0, 0.1) is 0 Å². The molecule has 0 spiro atoms. The monoisotopic (exact) mass is 231 g/mol. The van der Waals surface area contributed by atoms with Gasteiger partial charge >= 0.3 is 5.97 Å². The molecule has 0 saturated carbocycles. The van der Waals surface area contributed by atoms with Crippen LogP contribution < -0.4 is 0 Å². The van der Waals surface area contributed by atoms with Crippen LogP contribution in [0.2, 0.25) is 0 Å². The van der Waals surface area contributed by atoms with Crippen molar-refractivity contribution >= 4 is 16.9 Å². The minimum Gasteiger partial charge on any atom is -0.477 e. The van der Waals surface area contributed by atoms with E-state index in [1.165, 1.54) is 5.56 Å². The zero-order valence-electron chi connectivity index (χ0n) is 10.4. The van der Waals surface area contributed by atoms with Crippen LogP contribution >= 0.6 is 0 Å². The van der Waals surface area contributed by atoms with Gasteiger partial charge in [-0.05, 0) is 24.5 Å². The number of hydrogen-bond donors (Lipinski definition) is 1. The fourth-order valence-corrected chi connectivity index (χ4v) is 2.33. The van der Waals surface area contributed by atoms with Gasteiger partial charge in [0.15, 0.2) is 0 Å². The van der Waals surface area contributed by atoms with Gasteiger partial charge < -0.3 is 9.67 Å². The smallest absolute Gasteiger partial charge is 0.352 e. The SMILES string of the molecule is CCn1c(C(=O)O)cc2cccc(C(C)C)c21.